The van der Waals surface area contributed by atoms with Crippen LogP contribution in [0.4, 0.5) is 0 Å². The monoisotopic (exact) mass is 187 g/mol. The summed E-state index contributed by atoms with van der Waals surface area (Å²) in [6, 6.07) is 0.574. The number of nitrogens with two attached hydrogens (primary N) is 1. The Morgan fingerprint density at radius 2 is 1.85 bits per heavy atom. The van der Waals surface area contributed by atoms with E-state index in [0.717, 1.165) is 19.5 Å². The van der Waals surface area contributed by atoms with E-state index in [9.17, 15) is 0 Å². The maximum atomic E-state index is 5.43. The van der Waals surface area contributed by atoms with Gasteiger partial charge < -0.3 is 16.4 Å². The highest BCUT2D eigenvalue weighted by molar-refractivity contribution is 4.78. The van der Waals surface area contributed by atoms with Crippen molar-refractivity contribution in [1.29, 1.82) is 0 Å². The molecule has 4 N–H and O–H groups in total. The zero-order valence-electron chi connectivity index (χ0n) is 9.48. The van der Waals surface area contributed by atoms with E-state index in [0.29, 0.717) is 12.6 Å². The molecule has 0 rings (SSSR count). The molecule has 0 spiro atoms. The van der Waals surface area contributed by atoms with Gasteiger partial charge in [0, 0.05) is 24.7 Å². The van der Waals surface area contributed by atoms with Crippen molar-refractivity contribution in [3.8, 4) is 0 Å². The van der Waals surface area contributed by atoms with E-state index in [2.05, 4.69) is 38.3 Å². The topological polar surface area (TPSA) is 50.1 Å². The standard InChI is InChI=1S/C10H25N3/c1-9(2)12-7-5-10(3,4)13-8-6-11/h9,12-13H,5-8,11H2,1-4H3. The van der Waals surface area contributed by atoms with Gasteiger partial charge in [-0.3, -0.25) is 0 Å². The Labute approximate surface area is 82.5 Å². The van der Waals surface area contributed by atoms with E-state index in [4.69, 9.17) is 5.73 Å². The van der Waals surface area contributed by atoms with Crippen LogP contribution in [0.25, 0.3) is 0 Å². The van der Waals surface area contributed by atoms with Crippen molar-refractivity contribution >= 4 is 0 Å². The molecule has 0 amide bonds. The smallest absolute Gasteiger partial charge is 0.0137 e. The SMILES string of the molecule is CC(C)NCCC(C)(C)NCCN. The highest BCUT2D eigenvalue weighted by atomic mass is 15.0. The minimum absolute atomic E-state index is 0.196. The summed E-state index contributed by atoms with van der Waals surface area (Å²) in [5.74, 6) is 0. The predicted molar refractivity (Wildman–Crippen MR) is 58.9 cm³/mol. The van der Waals surface area contributed by atoms with Crippen molar-refractivity contribution in [3.63, 3.8) is 0 Å². The van der Waals surface area contributed by atoms with Crippen molar-refractivity contribution in [2.24, 2.45) is 5.73 Å². The first kappa shape index (κ1) is 12.9. The van der Waals surface area contributed by atoms with E-state index < -0.39 is 0 Å². The van der Waals surface area contributed by atoms with Gasteiger partial charge in [0.2, 0.25) is 0 Å². The summed E-state index contributed by atoms with van der Waals surface area (Å²) in [6.45, 7) is 11.4. The molecule has 0 aromatic rings. The van der Waals surface area contributed by atoms with E-state index in [-0.39, 0.29) is 5.54 Å². The van der Waals surface area contributed by atoms with E-state index in [1.165, 1.54) is 0 Å². The molecule has 0 fully saturated rings. The van der Waals surface area contributed by atoms with Crippen LogP contribution in [0.15, 0.2) is 0 Å². The third kappa shape index (κ3) is 8.22. The Kier molecular flexibility index (Phi) is 6.29. The molecule has 0 saturated heterocycles. The Balaban J connectivity index is 3.50. The largest absolute Gasteiger partial charge is 0.329 e. The van der Waals surface area contributed by atoms with Crippen LogP contribution in [0.5, 0.6) is 0 Å². The number of hydrogen-bond donors (Lipinski definition) is 3. The van der Waals surface area contributed by atoms with Gasteiger partial charge in [-0.2, -0.15) is 0 Å². The Bertz CT molecular complexity index is 121. The van der Waals surface area contributed by atoms with Crippen LogP contribution in [0, 0.1) is 0 Å². The molecule has 13 heavy (non-hydrogen) atoms. The van der Waals surface area contributed by atoms with Crippen LogP contribution in [0.3, 0.4) is 0 Å². The van der Waals surface area contributed by atoms with Crippen LogP contribution in [-0.4, -0.2) is 31.2 Å². The van der Waals surface area contributed by atoms with Crippen LogP contribution in [-0.2, 0) is 0 Å². The third-order valence-corrected chi connectivity index (χ3v) is 2.05. The molecule has 0 saturated carbocycles. The minimum atomic E-state index is 0.196. The van der Waals surface area contributed by atoms with Gasteiger partial charge in [-0.15, -0.1) is 0 Å². The average molecular weight is 187 g/mol. The number of nitrogens with one attached hydrogen (secondary N) is 2. The minimum Gasteiger partial charge on any atom is -0.329 e. The lowest BCUT2D eigenvalue weighted by Gasteiger charge is -2.26. The van der Waals surface area contributed by atoms with Gasteiger partial charge in [-0.05, 0) is 26.8 Å². The molecule has 0 radical (unpaired) electrons. The van der Waals surface area contributed by atoms with Crippen molar-refractivity contribution in [2.75, 3.05) is 19.6 Å². The summed E-state index contributed by atoms with van der Waals surface area (Å²) in [6.07, 6.45) is 1.13. The van der Waals surface area contributed by atoms with Gasteiger partial charge >= 0.3 is 0 Å². The van der Waals surface area contributed by atoms with Crippen LogP contribution >= 0.6 is 0 Å². The Hall–Kier alpha value is -0.120. The quantitative estimate of drug-likeness (QED) is 0.550. The second-order valence-corrected chi connectivity index (χ2v) is 4.46. The number of rotatable bonds is 7. The summed E-state index contributed by atoms with van der Waals surface area (Å²) in [5, 5.41) is 6.82. The average Bonchev–Trinajstić information content (AvgIpc) is 2.00. The number of hydrogen-bond acceptors (Lipinski definition) is 3. The third-order valence-electron chi connectivity index (χ3n) is 2.05. The highest BCUT2D eigenvalue weighted by Crippen LogP contribution is 2.06. The lowest BCUT2D eigenvalue weighted by atomic mass is 10.0. The van der Waals surface area contributed by atoms with E-state index >= 15 is 0 Å². The lowest BCUT2D eigenvalue weighted by molar-refractivity contribution is 0.354. The van der Waals surface area contributed by atoms with Crippen molar-refractivity contribution in [3.05, 3.63) is 0 Å². The molecule has 3 heteroatoms. The second-order valence-electron chi connectivity index (χ2n) is 4.46. The second kappa shape index (κ2) is 6.35. The van der Waals surface area contributed by atoms with Gasteiger partial charge in [-0.25, -0.2) is 0 Å². The first-order chi connectivity index (χ1) is 5.98. The Morgan fingerprint density at radius 3 is 2.31 bits per heavy atom. The fourth-order valence-electron chi connectivity index (χ4n) is 1.17. The van der Waals surface area contributed by atoms with Crippen LogP contribution in [0.1, 0.15) is 34.1 Å². The molecule has 0 aliphatic carbocycles. The summed E-state index contributed by atoms with van der Waals surface area (Å²) < 4.78 is 0. The summed E-state index contributed by atoms with van der Waals surface area (Å²) in [5.41, 5.74) is 5.63. The molecule has 0 unspecified atom stereocenters. The molecule has 0 aliphatic heterocycles. The summed E-state index contributed by atoms with van der Waals surface area (Å²) in [4.78, 5) is 0. The van der Waals surface area contributed by atoms with E-state index in [1.54, 1.807) is 0 Å². The first-order valence-corrected chi connectivity index (χ1v) is 5.16. The fraction of sp³-hybridized carbons (Fsp3) is 1.00. The maximum Gasteiger partial charge on any atom is 0.0137 e. The van der Waals surface area contributed by atoms with Gasteiger partial charge in [0.15, 0.2) is 0 Å². The van der Waals surface area contributed by atoms with Gasteiger partial charge in [0.05, 0.1) is 0 Å². The van der Waals surface area contributed by atoms with Crippen LogP contribution in [0.2, 0.25) is 0 Å². The molecule has 3 nitrogen and oxygen atoms in total. The molecule has 0 aliphatic rings. The molecule has 0 atom stereocenters. The normalized spacial score (nSPS) is 12.5. The highest BCUT2D eigenvalue weighted by Gasteiger charge is 2.15. The summed E-state index contributed by atoms with van der Waals surface area (Å²) >= 11 is 0. The molecule has 0 heterocycles. The molecule has 0 bridgehead atoms. The van der Waals surface area contributed by atoms with Gasteiger partial charge in [0.25, 0.3) is 0 Å². The molecular formula is C10H25N3. The zero-order chi connectivity index (χ0) is 10.3. The van der Waals surface area contributed by atoms with Gasteiger partial charge in [-0.1, -0.05) is 13.8 Å². The van der Waals surface area contributed by atoms with Crippen molar-refractivity contribution in [1.82, 2.24) is 10.6 Å². The predicted octanol–water partition coefficient (Wildman–Crippen LogP) is 0.701. The molecule has 0 aromatic heterocycles. The molecule has 80 valence electrons. The first-order valence-electron chi connectivity index (χ1n) is 5.16. The maximum absolute atomic E-state index is 5.43. The van der Waals surface area contributed by atoms with Crippen molar-refractivity contribution in [2.45, 2.75) is 45.7 Å². The zero-order valence-corrected chi connectivity index (χ0v) is 9.48. The van der Waals surface area contributed by atoms with Crippen molar-refractivity contribution < 1.29 is 0 Å². The van der Waals surface area contributed by atoms with Gasteiger partial charge in [0.1, 0.15) is 0 Å². The fourth-order valence-corrected chi connectivity index (χ4v) is 1.17. The lowest BCUT2D eigenvalue weighted by Crippen LogP contribution is -2.44. The van der Waals surface area contributed by atoms with E-state index in [1.807, 2.05) is 0 Å². The molecule has 0 aromatic carbocycles. The van der Waals surface area contributed by atoms with Crippen LogP contribution < -0.4 is 16.4 Å². The Morgan fingerprint density at radius 1 is 1.23 bits per heavy atom. The molecular weight excluding hydrogens is 162 g/mol. The summed E-state index contributed by atoms with van der Waals surface area (Å²) in [7, 11) is 0.